The number of hydrogen-bond acceptors (Lipinski definition) is 2. The van der Waals surface area contributed by atoms with E-state index in [9.17, 15) is 9.59 Å². The Labute approximate surface area is 124 Å². The van der Waals surface area contributed by atoms with Crippen molar-refractivity contribution in [2.75, 3.05) is 0 Å². The molecule has 108 valence electrons. The first-order chi connectivity index (χ1) is 9.97. The van der Waals surface area contributed by atoms with Crippen molar-refractivity contribution in [2.45, 2.75) is 20.4 Å². The number of amides is 2. The van der Waals surface area contributed by atoms with Crippen LogP contribution >= 0.6 is 0 Å². The van der Waals surface area contributed by atoms with Crippen LogP contribution in [0.5, 0.6) is 0 Å². The van der Waals surface area contributed by atoms with Gasteiger partial charge < -0.3 is 11.1 Å². The third kappa shape index (κ3) is 3.69. The number of aryl methyl sites for hydroxylation is 2. The highest BCUT2D eigenvalue weighted by Crippen LogP contribution is 2.11. The van der Waals surface area contributed by atoms with Gasteiger partial charge in [0.2, 0.25) is 5.91 Å². The number of primary amides is 1. The number of nitrogens with one attached hydrogen (secondary N) is 1. The second-order valence-corrected chi connectivity index (χ2v) is 5.05. The quantitative estimate of drug-likeness (QED) is 0.903. The molecule has 4 nitrogen and oxygen atoms in total. The number of carbonyl (C=O) groups is 2. The predicted molar refractivity (Wildman–Crippen MR) is 82.0 cm³/mol. The summed E-state index contributed by atoms with van der Waals surface area (Å²) in [5.41, 5.74) is 9.49. The van der Waals surface area contributed by atoms with Gasteiger partial charge in [-0.3, -0.25) is 9.59 Å². The fourth-order valence-corrected chi connectivity index (χ4v) is 2.11. The number of hydrogen-bond donors (Lipinski definition) is 2. The van der Waals surface area contributed by atoms with Gasteiger partial charge in [-0.1, -0.05) is 23.8 Å². The molecule has 0 aliphatic heterocycles. The van der Waals surface area contributed by atoms with Gasteiger partial charge in [-0.25, -0.2) is 0 Å². The molecular weight excluding hydrogens is 264 g/mol. The van der Waals surface area contributed by atoms with Gasteiger partial charge in [0.25, 0.3) is 5.91 Å². The number of benzene rings is 2. The summed E-state index contributed by atoms with van der Waals surface area (Å²) in [5.74, 6) is -0.678. The van der Waals surface area contributed by atoms with Gasteiger partial charge >= 0.3 is 0 Å². The van der Waals surface area contributed by atoms with Gasteiger partial charge in [0.1, 0.15) is 0 Å². The normalized spacial score (nSPS) is 10.2. The molecule has 0 unspecified atom stereocenters. The van der Waals surface area contributed by atoms with Crippen molar-refractivity contribution in [2.24, 2.45) is 5.73 Å². The van der Waals surface area contributed by atoms with Gasteiger partial charge in [0.05, 0.1) is 0 Å². The predicted octanol–water partition coefficient (Wildman–Crippen LogP) is 2.33. The summed E-state index contributed by atoms with van der Waals surface area (Å²) >= 11 is 0. The van der Waals surface area contributed by atoms with Crippen LogP contribution < -0.4 is 11.1 Å². The van der Waals surface area contributed by atoms with Crippen LogP contribution in [0, 0.1) is 13.8 Å². The van der Waals surface area contributed by atoms with Crippen molar-refractivity contribution in [3.05, 3.63) is 70.3 Å². The first-order valence-corrected chi connectivity index (χ1v) is 6.71. The molecule has 0 atom stereocenters. The summed E-state index contributed by atoms with van der Waals surface area (Å²) in [7, 11) is 0. The van der Waals surface area contributed by atoms with Crippen LogP contribution in [0.2, 0.25) is 0 Å². The van der Waals surface area contributed by atoms with Crippen molar-refractivity contribution >= 4 is 11.8 Å². The Hall–Kier alpha value is -2.62. The third-order valence-corrected chi connectivity index (χ3v) is 3.37. The second-order valence-electron chi connectivity index (χ2n) is 5.05. The average molecular weight is 282 g/mol. The van der Waals surface area contributed by atoms with Crippen LogP contribution in [0.15, 0.2) is 42.5 Å². The molecule has 0 heterocycles. The summed E-state index contributed by atoms with van der Waals surface area (Å²) in [6, 6.07) is 12.4. The van der Waals surface area contributed by atoms with Crippen molar-refractivity contribution < 1.29 is 9.59 Å². The van der Waals surface area contributed by atoms with Gasteiger partial charge in [-0.2, -0.15) is 0 Å². The Morgan fingerprint density at radius 2 is 1.62 bits per heavy atom. The summed E-state index contributed by atoms with van der Waals surface area (Å²) < 4.78 is 0. The van der Waals surface area contributed by atoms with E-state index in [0.29, 0.717) is 17.7 Å². The van der Waals surface area contributed by atoms with E-state index in [1.807, 2.05) is 26.0 Å². The number of nitrogens with two attached hydrogens (primary N) is 1. The van der Waals surface area contributed by atoms with Crippen LogP contribution in [0.25, 0.3) is 0 Å². The van der Waals surface area contributed by atoms with Crippen LogP contribution in [0.4, 0.5) is 0 Å². The van der Waals surface area contributed by atoms with Crippen molar-refractivity contribution in [1.29, 1.82) is 0 Å². The van der Waals surface area contributed by atoms with Crippen LogP contribution in [0.3, 0.4) is 0 Å². The van der Waals surface area contributed by atoms with E-state index in [2.05, 4.69) is 11.4 Å². The molecule has 0 aliphatic carbocycles. The topological polar surface area (TPSA) is 72.2 Å². The molecule has 0 saturated carbocycles. The maximum absolute atomic E-state index is 12.1. The maximum atomic E-state index is 12.1. The lowest BCUT2D eigenvalue weighted by molar-refractivity contribution is 0.0948. The maximum Gasteiger partial charge on any atom is 0.251 e. The van der Waals surface area contributed by atoms with Crippen molar-refractivity contribution in [3.63, 3.8) is 0 Å². The Morgan fingerprint density at radius 1 is 1.00 bits per heavy atom. The van der Waals surface area contributed by atoms with Gasteiger partial charge in [0, 0.05) is 17.7 Å². The van der Waals surface area contributed by atoms with Crippen LogP contribution in [-0.4, -0.2) is 11.8 Å². The molecule has 2 aromatic rings. The SMILES string of the molecule is Cc1ccc(CNC(=O)c2ccc(C(N)=O)cc2)c(C)c1. The van der Waals surface area contributed by atoms with E-state index in [1.54, 1.807) is 24.3 Å². The molecule has 2 aromatic carbocycles. The smallest absolute Gasteiger partial charge is 0.251 e. The molecule has 0 bridgehead atoms. The minimum absolute atomic E-state index is 0.175. The zero-order valence-corrected chi connectivity index (χ0v) is 12.1. The molecule has 21 heavy (non-hydrogen) atoms. The molecule has 0 saturated heterocycles. The first-order valence-electron chi connectivity index (χ1n) is 6.71. The van der Waals surface area contributed by atoms with Gasteiger partial charge in [-0.05, 0) is 49.2 Å². The molecule has 0 fully saturated rings. The fourth-order valence-electron chi connectivity index (χ4n) is 2.11. The Bertz CT molecular complexity index is 676. The van der Waals surface area contributed by atoms with E-state index in [-0.39, 0.29) is 5.91 Å². The van der Waals surface area contributed by atoms with Crippen LogP contribution in [0.1, 0.15) is 37.4 Å². The highest BCUT2D eigenvalue weighted by atomic mass is 16.2. The molecule has 4 heteroatoms. The monoisotopic (exact) mass is 282 g/mol. The molecule has 2 rings (SSSR count). The number of carbonyl (C=O) groups excluding carboxylic acids is 2. The Balaban J connectivity index is 2.02. The Morgan fingerprint density at radius 3 is 2.19 bits per heavy atom. The number of rotatable bonds is 4. The molecule has 0 aromatic heterocycles. The van der Waals surface area contributed by atoms with E-state index < -0.39 is 5.91 Å². The molecule has 2 amide bonds. The molecule has 0 aliphatic rings. The highest BCUT2D eigenvalue weighted by Gasteiger charge is 2.07. The second kappa shape index (κ2) is 6.22. The summed E-state index contributed by atoms with van der Waals surface area (Å²) in [4.78, 5) is 23.0. The fraction of sp³-hybridized carbons (Fsp3) is 0.176. The first kappa shape index (κ1) is 14.8. The molecule has 3 N–H and O–H groups in total. The molecule has 0 radical (unpaired) electrons. The lowest BCUT2D eigenvalue weighted by atomic mass is 10.1. The van der Waals surface area contributed by atoms with E-state index in [1.165, 1.54) is 5.56 Å². The largest absolute Gasteiger partial charge is 0.366 e. The lowest BCUT2D eigenvalue weighted by Crippen LogP contribution is -2.23. The van der Waals surface area contributed by atoms with E-state index in [4.69, 9.17) is 5.73 Å². The van der Waals surface area contributed by atoms with Crippen molar-refractivity contribution in [1.82, 2.24) is 5.32 Å². The summed E-state index contributed by atoms with van der Waals surface area (Å²) in [5, 5.41) is 2.87. The summed E-state index contributed by atoms with van der Waals surface area (Å²) in [6.45, 7) is 4.54. The van der Waals surface area contributed by atoms with E-state index in [0.717, 1.165) is 11.1 Å². The average Bonchev–Trinajstić information content (AvgIpc) is 2.46. The van der Waals surface area contributed by atoms with Crippen LogP contribution in [-0.2, 0) is 6.54 Å². The molecule has 0 spiro atoms. The minimum atomic E-state index is -0.503. The van der Waals surface area contributed by atoms with E-state index >= 15 is 0 Å². The zero-order chi connectivity index (χ0) is 15.4. The van der Waals surface area contributed by atoms with Gasteiger partial charge in [-0.15, -0.1) is 0 Å². The highest BCUT2D eigenvalue weighted by molar-refractivity contribution is 5.97. The third-order valence-electron chi connectivity index (χ3n) is 3.37. The van der Waals surface area contributed by atoms with Gasteiger partial charge in [0.15, 0.2) is 0 Å². The lowest BCUT2D eigenvalue weighted by Gasteiger charge is -2.09. The standard InChI is InChI=1S/C17H18N2O2/c1-11-3-4-15(12(2)9-11)10-19-17(21)14-7-5-13(6-8-14)16(18)20/h3-9H,10H2,1-2H3,(H2,18,20)(H,19,21). The minimum Gasteiger partial charge on any atom is -0.366 e. The molecular formula is C17H18N2O2. The zero-order valence-electron chi connectivity index (χ0n) is 12.1. The summed E-state index contributed by atoms with van der Waals surface area (Å²) in [6.07, 6.45) is 0. The Kier molecular flexibility index (Phi) is 4.38. The van der Waals surface area contributed by atoms with Crippen molar-refractivity contribution in [3.8, 4) is 0 Å².